The van der Waals surface area contributed by atoms with Crippen LogP contribution in [0, 0.1) is 6.92 Å². The molecule has 0 aliphatic heterocycles. The van der Waals surface area contributed by atoms with Crippen LogP contribution in [0.25, 0.3) is 0 Å². The maximum absolute atomic E-state index is 14.3. The van der Waals surface area contributed by atoms with Crippen LogP contribution in [0.5, 0.6) is 5.75 Å². The molecule has 0 aromatic heterocycles. The van der Waals surface area contributed by atoms with Gasteiger partial charge in [0.25, 0.3) is 10.0 Å². The molecule has 3 aromatic rings. The van der Waals surface area contributed by atoms with Crippen molar-refractivity contribution in [3.8, 4) is 5.75 Å². The number of hydrogen-bond acceptors (Lipinski definition) is 5. The number of para-hydroxylation sites is 2. The fourth-order valence-corrected chi connectivity index (χ4v) is 6.99. The zero-order chi connectivity index (χ0) is 31.0. The van der Waals surface area contributed by atoms with Gasteiger partial charge in [-0.05, 0) is 68.1 Å². The largest absolute Gasteiger partial charge is 0.495 e. The first kappa shape index (κ1) is 32.4. The van der Waals surface area contributed by atoms with E-state index >= 15 is 0 Å². The number of carbonyl (C=O) groups excluding carboxylic acids is 2. The molecule has 1 saturated carbocycles. The summed E-state index contributed by atoms with van der Waals surface area (Å²) in [5.74, 6) is -0.443. The molecule has 1 atom stereocenters. The van der Waals surface area contributed by atoms with Crippen molar-refractivity contribution in [2.24, 2.45) is 0 Å². The van der Waals surface area contributed by atoms with Crippen LogP contribution in [0.1, 0.15) is 56.6 Å². The van der Waals surface area contributed by atoms with Gasteiger partial charge in [0.2, 0.25) is 11.8 Å². The molecule has 1 N–H and O–H groups in total. The Balaban J connectivity index is 1.73. The average molecular weight is 626 g/mol. The number of ether oxygens (including phenoxy) is 1. The van der Waals surface area contributed by atoms with E-state index in [0.717, 1.165) is 47.5 Å². The van der Waals surface area contributed by atoms with Crippen LogP contribution in [0.15, 0.2) is 77.7 Å². The van der Waals surface area contributed by atoms with Crippen LogP contribution in [0.4, 0.5) is 5.69 Å². The molecule has 43 heavy (non-hydrogen) atoms. The predicted molar refractivity (Wildman–Crippen MR) is 170 cm³/mol. The smallest absolute Gasteiger partial charge is 0.264 e. The molecule has 1 aliphatic rings. The second-order valence-electron chi connectivity index (χ2n) is 10.9. The summed E-state index contributed by atoms with van der Waals surface area (Å²) in [5, 5.41) is 3.71. The van der Waals surface area contributed by atoms with Gasteiger partial charge in [-0.25, -0.2) is 8.42 Å². The molecule has 3 aromatic carbocycles. The molecular weight excluding hydrogens is 586 g/mol. The van der Waals surface area contributed by atoms with Gasteiger partial charge in [0.15, 0.2) is 0 Å². The molecule has 0 unspecified atom stereocenters. The van der Waals surface area contributed by atoms with Gasteiger partial charge < -0.3 is 15.0 Å². The Hall–Kier alpha value is -3.56. The Morgan fingerprint density at radius 1 is 0.977 bits per heavy atom. The number of halogens is 1. The van der Waals surface area contributed by atoms with E-state index in [2.05, 4.69) is 5.32 Å². The van der Waals surface area contributed by atoms with E-state index < -0.39 is 28.5 Å². The number of nitrogens with zero attached hydrogens (tertiary/aromatic N) is 2. The van der Waals surface area contributed by atoms with E-state index in [1.807, 2.05) is 13.8 Å². The Labute approximate surface area is 260 Å². The highest BCUT2D eigenvalue weighted by atomic mass is 35.5. The minimum absolute atomic E-state index is 0.0446. The van der Waals surface area contributed by atoms with Crippen molar-refractivity contribution in [1.29, 1.82) is 0 Å². The lowest BCUT2D eigenvalue weighted by Gasteiger charge is -2.34. The maximum Gasteiger partial charge on any atom is 0.264 e. The van der Waals surface area contributed by atoms with E-state index in [4.69, 9.17) is 16.3 Å². The van der Waals surface area contributed by atoms with Crippen LogP contribution >= 0.6 is 11.6 Å². The van der Waals surface area contributed by atoms with Crippen molar-refractivity contribution in [2.75, 3.05) is 18.0 Å². The van der Waals surface area contributed by atoms with Gasteiger partial charge in [0.05, 0.1) is 17.7 Å². The zero-order valence-electron chi connectivity index (χ0n) is 25.0. The normalized spacial score (nSPS) is 14.5. The topological polar surface area (TPSA) is 96.0 Å². The van der Waals surface area contributed by atoms with E-state index in [9.17, 15) is 18.0 Å². The minimum Gasteiger partial charge on any atom is -0.495 e. The molecule has 0 spiro atoms. The van der Waals surface area contributed by atoms with Crippen molar-refractivity contribution in [2.45, 2.75) is 75.9 Å². The number of methoxy groups -OCH3 is 1. The summed E-state index contributed by atoms with van der Waals surface area (Å²) in [7, 11) is -2.75. The van der Waals surface area contributed by atoms with Crippen LogP contribution in [0.3, 0.4) is 0 Å². The summed E-state index contributed by atoms with van der Waals surface area (Å²) in [6, 6.07) is 19.5. The molecule has 2 amide bonds. The number of rotatable bonds is 12. The predicted octanol–water partition coefficient (Wildman–Crippen LogP) is 6.11. The standard InChI is InChI=1S/C33H40ClN3O5S/c1-4-29(33(39)35-27-10-6-5-7-11-27)36(22-25-16-18-26(34)19-17-25)32(38)23-37(30-12-8-9-13-31(30)42-3)43(40,41)28-20-14-24(2)15-21-28/h8-9,12-21,27,29H,4-7,10-11,22-23H2,1-3H3,(H,35,39)/t29-/m0/s1. The molecule has 1 fully saturated rings. The van der Waals surface area contributed by atoms with E-state index in [1.54, 1.807) is 60.7 Å². The molecule has 8 nitrogen and oxygen atoms in total. The van der Waals surface area contributed by atoms with Crippen molar-refractivity contribution >= 4 is 39.1 Å². The third-order valence-corrected chi connectivity index (χ3v) is 9.87. The quantitative estimate of drug-likeness (QED) is 0.262. The van der Waals surface area contributed by atoms with Gasteiger partial charge >= 0.3 is 0 Å². The summed E-state index contributed by atoms with van der Waals surface area (Å²) in [4.78, 5) is 29.5. The van der Waals surface area contributed by atoms with Gasteiger partial charge in [0.1, 0.15) is 18.3 Å². The summed E-state index contributed by atoms with van der Waals surface area (Å²) in [6.45, 7) is 3.30. The number of sulfonamides is 1. The first-order chi connectivity index (χ1) is 20.6. The van der Waals surface area contributed by atoms with Gasteiger partial charge in [-0.15, -0.1) is 0 Å². The summed E-state index contributed by atoms with van der Waals surface area (Å²) in [5.41, 5.74) is 1.90. The number of aryl methyl sites for hydroxylation is 1. The number of nitrogens with one attached hydrogen (secondary N) is 1. The number of benzene rings is 3. The second-order valence-corrected chi connectivity index (χ2v) is 13.2. The highest BCUT2D eigenvalue weighted by Gasteiger charge is 2.35. The molecule has 10 heteroatoms. The molecule has 0 heterocycles. The summed E-state index contributed by atoms with van der Waals surface area (Å²) in [6.07, 6.45) is 5.43. The molecular formula is C33H40ClN3O5S. The zero-order valence-corrected chi connectivity index (χ0v) is 26.5. The number of carbonyl (C=O) groups is 2. The van der Waals surface area contributed by atoms with Crippen molar-refractivity contribution in [3.63, 3.8) is 0 Å². The highest BCUT2D eigenvalue weighted by molar-refractivity contribution is 7.92. The Morgan fingerprint density at radius 3 is 2.26 bits per heavy atom. The third-order valence-electron chi connectivity index (χ3n) is 7.85. The monoisotopic (exact) mass is 625 g/mol. The number of hydrogen-bond donors (Lipinski definition) is 1. The third kappa shape index (κ3) is 8.09. The second kappa shape index (κ2) is 14.8. The number of amides is 2. The van der Waals surface area contributed by atoms with Crippen molar-refractivity contribution in [1.82, 2.24) is 10.2 Å². The lowest BCUT2D eigenvalue weighted by molar-refractivity contribution is -0.140. The fraction of sp³-hybridized carbons (Fsp3) is 0.394. The summed E-state index contributed by atoms with van der Waals surface area (Å²) >= 11 is 6.11. The minimum atomic E-state index is -4.20. The molecule has 0 saturated heterocycles. The molecule has 0 radical (unpaired) electrons. The lowest BCUT2D eigenvalue weighted by atomic mass is 9.95. The Kier molecular flexibility index (Phi) is 11.1. The van der Waals surface area contributed by atoms with Crippen molar-refractivity contribution < 1.29 is 22.7 Å². The van der Waals surface area contributed by atoms with Gasteiger partial charge in [-0.3, -0.25) is 13.9 Å². The molecule has 0 bridgehead atoms. The van der Waals surface area contributed by atoms with Crippen LogP contribution in [-0.2, 0) is 26.2 Å². The van der Waals surface area contributed by atoms with Crippen molar-refractivity contribution in [3.05, 3.63) is 88.9 Å². The van der Waals surface area contributed by atoms with Gasteiger partial charge in [0, 0.05) is 17.6 Å². The van der Waals surface area contributed by atoms with Crippen LogP contribution in [-0.4, -0.2) is 50.9 Å². The molecule has 4 rings (SSSR count). The average Bonchev–Trinajstić information content (AvgIpc) is 3.01. The number of anilines is 1. The van der Waals surface area contributed by atoms with E-state index in [1.165, 1.54) is 24.1 Å². The van der Waals surface area contributed by atoms with E-state index in [-0.39, 0.29) is 29.1 Å². The maximum atomic E-state index is 14.3. The van der Waals surface area contributed by atoms with Crippen LogP contribution < -0.4 is 14.4 Å². The Morgan fingerprint density at radius 2 is 1.63 bits per heavy atom. The van der Waals surface area contributed by atoms with Gasteiger partial charge in [-0.1, -0.05) is 79.7 Å². The first-order valence-corrected chi connectivity index (χ1v) is 16.5. The fourth-order valence-electron chi connectivity index (χ4n) is 5.44. The van der Waals surface area contributed by atoms with Crippen LogP contribution in [0.2, 0.25) is 5.02 Å². The summed E-state index contributed by atoms with van der Waals surface area (Å²) < 4.78 is 34.8. The van der Waals surface area contributed by atoms with E-state index in [0.29, 0.717) is 17.2 Å². The SMILES string of the molecule is CC[C@@H](C(=O)NC1CCCCC1)N(Cc1ccc(Cl)cc1)C(=O)CN(c1ccccc1OC)S(=O)(=O)c1ccc(C)cc1. The Bertz CT molecular complexity index is 1490. The molecule has 230 valence electrons. The first-order valence-electron chi connectivity index (χ1n) is 14.7. The lowest BCUT2D eigenvalue weighted by Crippen LogP contribution is -2.54. The van der Waals surface area contributed by atoms with Gasteiger partial charge in [-0.2, -0.15) is 0 Å². The molecule has 1 aliphatic carbocycles. The highest BCUT2D eigenvalue weighted by Crippen LogP contribution is 2.33.